The molecule has 0 radical (unpaired) electrons. The number of thioether (sulfide) groups is 1. The Kier molecular flexibility index (Phi) is 7.46. The second-order valence-electron chi connectivity index (χ2n) is 4.99. The molecule has 1 aromatic heterocycles. The van der Waals surface area contributed by atoms with Crippen LogP contribution < -0.4 is 14.8 Å². The molecule has 1 heterocycles. The van der Waals surface area contributed by atoms with Gasteiger partial charge in [-0.15, -0.1) is 11.8 Å². The molecule has 0 aliphatic rings. The van der Waals surface area contributed by atoms with Gasteiger partial charge in [-0.25, -0.2) is 0 Å². The van der Waals surface area contributed by atoms with Crippen LogP contribution in [-0.2, 0) is 17.1 Å². The minimum absolute atomic E-state index is 0.0420. The first-order valence-corrected chi connectivity index (χ1v) is 8.59. The maximum absolute atomic E-state index is 12.3. The fourth-order valence-corrected chi connectivity index (χ4v) is 2.81. The zero-order valence-corrected chi connectivity index (χ0v) is 14.4. The molecule has 0 atom stereocenters. The zero-order valence-electron chi connectivity index (χ0n) is 13.6. The van der Waals surface area contributed by atoms with Gasteiger partial charge in [-0.2, -0.15) is 8.78 Å². The number of hydrogen-bond acceptors (Lipinski definition) is 5. The van der Waals surface area contributed by atoms with Gasteiger partial charge in [0.25, 0.3) is 0 Å². The Labute approximate surface area is 148 Å². The normalized spacial score (nSPS) is 10.6. The number of hydrogen-bond donors (Lipinski definition) is 1. The third-order valence-corrected chi connectivity index (χ3v) is 4.16. The Morgan fingerprint density at radius 3 is 2.80 bits per heavy atom. The summed E-state index contributed by atoms with van der Waals surface area (Å²) in [5.74, 6) is 1.06. The number of carbonyl (C=O) groups excluding carboxylic acids is 1. The lowest BCUT2D eigenvalue weighted by Crippen LogP contribution is -2.24. The zero-order chi connectivity index (χ0) is 18.1. The average molecular weight is 368 g/mol. The molecule has 2 rings (SSSR count). The third kappa shape index (κ3) is 6.58. The van der Waals surface area contributed by atoms with Crippen molar-refractivity contribution in [3.63, 3.8) is 0 Å². The molecule has 1 aromatic carbocycles. The van der Waals surface area contributed by atoms with Gasteiger partial charge in [0.2, 0.25) is 5.91 Å². The van der Waals surface area contributed by atoms with Crippen LogP contribution in [-0.4, -0.2) is 30.4 Å². The number of carbonyl (C=O) groups is 1. The van der Waals surface area contributed by atoms with Gasteiger partial charge in [0.1, 0.15) is 0 Å². The predicted molar refractivity (Wildman–Crippen MR) is 91.9 cm³/mol. The van der Waals surface area contributed by atoms with E-state index in [1.807, 2.05) is 12.1 Å². The summed E-state index contributed by atoms with van der Waals surface area (Å²) in [4.78, 5) is 15.9. The fourth-order valence-electron chi connectivity index (χ4n) is 2.01. The Bertz CT molecular complexity index is 687. The number of nitrogens with zero attached hydrogens (tertiary/aromatic N) is 1. The molecule has 5 nitrogen and oxygen atoms in total. The standard InChI is InChI=1S/C17H18F2N2O3S/c1-23-15-7-12(4-5-14(15)24-17(18)19)9-21-16(22)11-25-10-13-3-2-6-20-8-13/h2-8,17H,9-11H2,1H3,(H,21,22). The van der Waals surface area contributed by atoms with Crippen molar-refractivity contribution < 1.29 is 23.0 Å². The lowest BCUT2D eigenvalue weighted by Gasteiger charge is -2.12. The summed E-state index contributed by atoms with van der Waals surface area (Å²) >= 11 is 1.49. The second-order valence-corrected chi connectivity index (χ2v) is 5.98. The van der Waals surface area contributed by atoms with Crippen LogP contribution in [0.4, 0.5) is 8.78 Å². The van der Waals surface area contributed by atoms with E-state index in [0.29, 0.717) is 11.5 Å². The number of methoxy groups -OCH3 is 1. The molecule has 0 aliphatic heterocycles. The van der Waals surface area contributed by atoms with Gasteiger partial charge in [0, 0.05) is 24.7 Å². The molecule has 0 bridgehead atoms. The van der Waals surface area contributed by atoms with Crippen molar-refractivity contribution in [1.82, 2.24) is 10.3 Å². The number of aromatic nitrogens is 1. The van der Waals surface area contributed by atoms with Gasteiger partial charge in [0.05, 0.1) is 12.9 Å². The Morgan fingerprint density at radius 2 is 2.12 bits per heavy atom. The van der Waals surface area contributed by atoms with Gasteiger partial charge >= 0.3 is 6.61 Å². The first-order chi connectivity index (χ1) is 12.1. The summed E-state index contributed by atoms with van der Waals surface area (Å²) in [6.07, 6.45) is 3.47. The van der Waals surface area contributed by atoms with Crippen molar-refractivity contribution >= 4 is 17.7 Å². The topological polar surface area (TPSA) is 60.5 Å². The summed E-state index contributed by atoms with van der Waals surface area (Å²) in [6, 6.07) is 8.35. The fraction of sp³-hybridized carbons (Fsp3) is 0.294. The van der Waals surface area contributed by atoms with E-state index >= 15 is 0 Å². The van der Waals surface area contributed by atoms with Crippen LogP contribution in [0.1, 0.15) is 11.1 Å². The SMILES string of the molecule is COc1cc(CNC(=O)CSCc2cccnc2)ccc1OC(F)F. The van der Waals surface area contributed by atoms with Crippen molar-refractivity contribution in [3.05, 3.63) is 53.9 Å². The molecule has 0 spiro atoms. The van der Waals surface area contributed by atoms with E-state index in [1.165, 1.54) is 24.9 Å². The average Bonchev–Trinajstić information content (AvgIpc) is 2.61. The maximum atomic E-state index is 12.3. The molecule has 2 aromatic rings. The number of benzene rings is 1. The minimum atomic E-state index is -2.92. The van der Waals surface area contributed by atoms with Crippen LogP contribution in [0.5, 0.6) is 11.5 Å². The first-order valence-electron chi connectivity index (χ1n) is 7.43. The number of alkyl halides is 2. The highest BCUT2D eigenvalue weighted by Crippen LogP contribution is 2.29. The van der Waals surface area contributed by atoms with E-state index in [1.54, 1.807) is 24.5 Å². The number of pyridine rings is 1. The first kappa shape index (κ1) is 19.0. The van der Waals surface area contributed by atoms with Gasteiger partial charge in [-0.05, 0) is 29.3 Å². The van der Waals surface area contributed by atoms with Gasteiger partial charge in [-0.3, -0.25) is 9.78 Å². The Balaban J connectivity index is 1.79. The van der Waals surface area contributed by atoms with Crippen molar-refractivity contribution in [3.8, 4) is 11.5 Å². The van der Waals surface area contributed by atoms with Crippen LogP contribution in [0.15, 0.2) is 42.7 Å². The molecule has 0 saturated heterocycles. The summed E-state index contributed by atoms with van der Waals surface area (Å²) in [7, 11) is 1.37. The van der Waals surface area contributed by atoms with Crippen LogP contribution in [0.2, 0.25) is 0 Å². The highest BCUT2D eigenvalue weighted by atomic mass is 32.2. The Morgan fingerprint density at radius 1 is 1.28 bits per heavy atom. The van der Waals surface area contributed by atoms with E-state index in [9.17, 15) is 13.6 Å². The molecular formula is C17H18F2N2O3S. The van der Waals surface area contributed by atoms with Crippen molar-refractivity contribution in [2.24, 2.45) is 0 Å². The highest BCUT2D eigenvalue weighted by Gasteiger charge is 2.11. The van der Waals surface area contributed by atoms with Gasteiger partial charge in [-0.1, -0.05) is 12.1 Å². The van der Waals surface area contributed by atoms with Crippen molar-refractivity contribution in [2.75, 3.05) is 12.9 Å². The summed E-state index contributed by atoms with van der Waals surface area (Å²) < 4.78 is 34.0. The van der Waals surface area contributed by atoms with E-state index < -0.39 is 6.61 Å². The molecule has 134 valence electrons. The summed E-state index contributed by atoms with van der Waals surface area (Å²) in [5.41, 5.74) is 1.78. The van der Waals surface area contributed by atoms with E-state index in [4.69, 9.17) is 4.74 Å². The molecule has 0 saturated carbocycles. The van der Waals surface area contributed by atoms with E-state index in [-0.39, 0.29) is 24.0 Å². The van der Waals surface area contributed by atoms with Crippen molar-refractivity contribution in [2.45, 2.75) is 18.9 Å². The molecule has 8 heteroatoms. The maximum Gasteiger partial charge on any atom is 0.387 e. The smallest absolute Gasteiger partial charge is 0.387 e. The molecule has 1 N–H and O–H groups in total. The number of amides is 1. The third-order valence-electron chi connectivity index (χ3n) is 3.16. The quantitative estimate of drug-likeness (QED) is 0.736. The van der Waals surface area contributed by atoms with Crippen molar-refractivity contribution in [1.29, 1.82) is 0 Å². The number of ether oxygens (including phenoxy) is 2. The van der Waals surface area contributed by atoms with Gasteiger partial charge in [0.15, 0.2) is 11.5 Å². The summed E-state index contributed by atoms with van der Waals surface area (Å²) in [6.45, 7) is -2.64. The number of nitrogens with one attached hydrogen (secondary N) is 1. The minimum Gasteiger partial charge on any atom is -0.493 e. The predicted octanol–water partition coefficient (Wildman–Crippen LogP) is 3.24. The number of rotatable bonds is 9. The van der Waals surface area contributed by atoms with E-state index in [0.717, 1.165) is 11.1 Å². The lowest BCUT2D eigenvalue weighted by atomic mass is 10.2. The molecule has 1 amide bonds. The van der Waals surface area contributed by atoms with Crippen LogP contribution in [0, 0.1) is 0 Å². The van der Waals surface area contributed by atoms with Crippen LogP contribution >= 0.6 is 11.8 Å². The summed E-state index contributed by atoms with van der Waals surface area (Å²) in [5, 5.41) is 2.78. The molecule has 25 heavy (non-hydrogen) atoms. The van der Waals surface area contributed by atoms with Gasteiger partial charge < -0.3 is 14.8 Å². The lowest BCUT2D eigenvalue weighted by molar-refractivity contribution is -0.118. The highest BCUT2D eigenvalue weighted by molar-refractivity contribution is 7.99. The monoisotopic (exact) mass is 368 g/mol. The number of halogens is 2. The van der Waals surface area contributed by atoms with E-state index in [2.05, 4.69) is 15.0 Å². The molecule has 0 aliphatic carbocycles. The van der Waals surface area contributed by atoms with Crippen LogP contribution in [0.3, 0.4) is 0 Å². The molecule has 0 fully saturated rings. The molecular weight excluding hydrogens is 350 g/mol. The van der Waals surface area contributed by atoms with Crippen LogP contribution in [0.25, 0.3) is 0 Å². The Hall–Kier alpha value is -2.35. The molecule has 0 unspecified atom stereocenters. The second kappa shape index (κ2) is 9.83. The largest absolute Gasteiger partial charge is 0.493 e.